The molecule has 0 radical (unpaired) electrons. The second-order valence-electron chi connectivity index (χ2n) is 35.4. The molecule has 0 saturated heterocycles. The van der Waals surface area contributed by atoms with E-state index in [2.05, 4.69) is 394 Å². The number of rotatable bonds is 2. The third kappa shape index (κ3) is 118. The van der Waals surface area contributed by atoms with E-state index in [1.54, 1.807) is 0 Å². The minimum Gasteiger partial charge on any atom is -0.0683 e. The van der Waals surface area contributed by atoms with E-state index in [-0.39, 0.29) is 0 Å². The van der Waals surface area contributed by atoms with E-state index in [0.29, 0.717) is 48.7 Å². The second kappa shape index (κ2) is 59.8. The van der Waals surface area contributed by atoms with E-state index in [1.807, 2.05) is 95.2 Å². The Morgan fingerprint density at radius 2 is 0.312 bits per heavy atom. The van der Waals surface area contributed by atoms with Gasteiger partial charge < -0.3 is 0 Å². The zero-order valence-corrected chi connectivity index (χ0v) is 72.3. The minimum atomic E-state index is 0.293. The van der Waals surface area contributed by atoms with Crippen LogP contribution in [-0.4, -0.2) is 0 Å². The summed E-state index contributed by atoms with van der Waals surface area (Å²) >= 11 is 0. The van der Waals surface area contributed by atoms with Gasteiger partial charge in [0.05, 0.1) is 0 Å². The summed E-state index contributed by atoms with van der Waals surface area (Å²) in [5.41, 5.74) is 16.5. The summed E-state index contributed by atoms with van der Waals surface area (Å²) in [4.78, 5) is 0. The Morgan fingerprint density at radius 3 is 0.473 bits per heavy atom. The Balaban J connectivity index is -0.000000104. The molecular weight excluding hydrogens is 1120 g/mol. The van der Waals surface area contributed by atoms with Crippen molar-refractivity contribution in [3.05, 3.63) is 180 Å². The first kappa shape index (κ1) is 110. The summed E-state index contributed by atoms with van der Waals surface area (Å²) in [5.74, 6) is 0. The van der Waals surface area contributed by atoms with Crippen LogP contribution in [0.4, 0.5) is 0 Å². The average molecular weight is 1290 g/mol. The molecule has 6 aromatic rings. The van der Waals surface area contributed by atoms with Crippen molar-refractivity contribution in [3.63, 3.8) is 0 Å². The highest BCUT2D eigenvalue weighted by Crippen LogP contribution is 2.36. The highest BCUT2D eigenvalue weighted by atomic mass is 14.2. The fourth-order valence-electron chi connectivity index (χ4n) is 5.13. The second-order valence-corrected chi connectivity index (χ2v) is 35.4. The van der Waals surface area contributed by atoms with E-state index in [4.69, 9.17) is 0 Å². The summed E-state index contributed by atoms with van der Waals surface area (Å²) < 4.78 is 0. The van der Waals surface area contributed by atoms with Crippen LogP contribution >= 0.6 is 0 Å². The summed E-state index contributed by atoms with van der Waals surface area (Å²) in [6.07, 6.45) is 1.10. The van der Waals surface area contributed by atoms with Gasteiger partial charge in [0.2, 0.25) is 0 Å². The fourth-order valence-corrected chi connectivity index (χ4v) is 5.13. The van der Waals surface area contributed by atoms with Crippen molar-refractivity contribution in [3.8, 4) is 33.4 Å². The van der Waals surface area contributed by atoms with E-state index in [0.717, 1.165) is 6.42 Å². The summed E-state index contributed by atoms with van der Waals surface area (Å²) in [5, 5.41) is 0. The van der Waals surface area contributed by atoms with Crippen LogP contribution < -0.4 is 0 Å². The molecule has 0 saturated carbocycles. The predicted molar refractivity (Wildman–Crippen MR) is 446 cm³/mol. The standard InChI is InChI=1S/C18H14.C13H10.C10H14.8C5H12.6C2H6/c1-3-7-15(8-4-1)17-11-13-18(14-12-17)16-9-5-2-6-10-16;1-3-7-12-10(5-1)9-11-6-2-4-8-13(11)12;1-10(2,3)9-7-5-4-6-8-9;8*1-5(2,3)4;6*1-2/h1-14H;1-8H,9H2;4-8H,1-3H3;8*1-4H3;6*1-2H3. The molecule has 0 heteroatoms. The SMILES string of the molecule is CC.CC.CC.CC.CC.CC.CC(C)(C)C.CC(C)(C)C.CC(C)(C)C.CC(C)(C)C.CC(C)(C)C.CC(C)(C)C.CC(C)(C)C.CC(C)(C)C.CC(C)(C)c1ccccc1.c1ccc(-c2ccc(-c3ccccc3)cc2)cc1.c1ccc2c(c1)Cc1ccccc1-2. The van der Waals surface area contributed by atoms with Crippen molar-refractivity contribution in [2.75, 3.05) is 0 Å². The summed E-state index contributed by atoms with van der Waals surface area (Å²) in [6, 6.07) is 57.5. The Morgan fingerprint density at radius 1 is 0.172 bits per heavy atom. The molecule has 0 amide bonds. The van der Waals surface area contributed by atoms with Crippen LogP contribution in [-0.2, 0) is 11.8 Å². The number of fused-ring (bicyclic) bond motifs is 3. The Labute approximate surface area is 591 Å². The van der Waals surface area contributed by atoms with Crippen molar-refractivity contribution in [2.24, 2.45) is 43.3 Å². The first-order chi connectivity index (χ1) is 42.0. The van der Waals surface area contributed by atoms with Gasteiger partial charge >= 0.3 is 0 Å². The van der Waals surface area contributed by atoms with Crippen molar-refractivity contribution in [1.29, 1.82) is 0 Å². The lowest BCUT2D eigenvalue weighted by molar-refractivity contribution is 0.469. The zero-order chi connectivity index (χ0) is 76.5. The minimum absolute atomic E-state index is 0.293. The van der Waals surface area contributed by atoms with E-state index in [9.17, 15) is 0 Å². The first-order valence-electron chi connectivity index (χ1n) is 36.4. The third-order valence-corrected chi connectivity index (χ3v) is 7.44. The van der Waals surface area contributed by atoms with E-state index >= 15 is 0 Å². The van der Waals surface area contributed by atoms with Crippen LogP contribution in [0.25, 0.3) is 33.4 Å². The summed E-state index contributed by atoms with van der Waals surface area (Å²) in [6.45, 7) is 101. The molecule has 0 N–H and O–H groups in total. The maximum absolute atomic E-state index is 2.22. The Hall–Kier alpha value is -4.68. The lowest BCUT2D eigenvalue weighted by atomic mass is 9.87. The molecule has 1 aliphatic rings. The molecule has 0 fully saturated rings. The maximum Gasteiger partial charge on any atom is -0.00135 e. The third-order valence-electron chi connectivity index (χ3n) is 7.44. The first-order valence-corrected chi connectivity index (χ1v) is 36.4. The van der Waals surface area contributed by atoms with Gasteiger partial charge in [0.15, 0.2) is 0 Å². The molecule has 542 valence electrons. The molecule has 0 aliphatic heterocycles. The lowest BCUT2D eigenvalue weighted by Crippen LogP contribution is -2.10. The Bertz CT molecular complexity index is 2100. The van der Waals surface area contributed by atoms with Crippen molar-refractivity contribution in [1.82, 2.24) is 0 Å². The van der Waals surface area contributed by atoms with Crippen LogP contribution in [0.2, 0.25) is 0 Å². The lowest BCUT2D eigenvalue weighted by Gasteiger charge is -2.18. The van der Waals surface area contributed by atoms with E-state index in [1.165, 1.54) is 50.1 Å². The van der Waals surface area contributed by atoms with Crippen molar-refractivity contribution in [2.45, 2.75) is 337 Å². The van der Waals surface area contributed by atoms with Gasteiger partial charge in [-0.1, -0.05) is 489 Å². The Kier molecular flexibility index (Phi) is 70.6. The molecule has 0 nitrogen and oxygen atoms in total. The van der Waals surface area contributed by atoms with Crippen LogP contribution in [0.1, 0.15) is 342 Å². The molecule has 0 aromatic heterocycles. The van der Waals surface area contributed by atoms with Gasteiger partial charge in [0, 0.05) is 0 Å². The monoisotopic (exact) mass is 1290 g/mol. The molecule has 6 aromatic carbocycles. The van der Waals surface area contributed by atoms with Gasteiger partial charge in [0.1, 0.15) is 0 Å². The van der Waals surface area contributed by atoms with Crippen LogP contribution in [0.3, 0.4) is 0 Å². The molecule has 0 spiro atoms. The van der Waals surface area contributed by atoms with Crippen LogP contribution in [0.5, 0.6) is 0 Å². The molecule has 7 rings (SSSR count). The van der Waals surface area contributed by atoms with Gasteiger partial charge in [-0.25, -0.2) is 0 Å². The molecule has 0 bridgehead atoms. The molecule has 0 atom stereocenters. The highest BCUT2D eigenvalue weighted by Gasteiger charge is 2.16. The normalized spacial score (nSPS) is 10.5. The van der Waals surface area contributed by atoms with Crippen LogP contribution in [0.15, 0.2) is 164 Å². The fraction of sp³-hybridized carbons (Fsp3) is 0.613. The van der Waals surface area contributed by atoms with Crippen LogP contribution in [0, 0.1) is 43.3 Å². The van der Waals surface area contributed by atoms with Gasteiger partial charge in [0.25, 0.3) is 0 Å². The molecular formula is C93H170. The summed E-state index contributed by atoms with van der Waals surface area (Å²) in [7, 11) is 0. The number of hydrogen-bond acceptors (Lipinski definition) is 0. The van der Waals surface area contributed by atoms with Crippen molar-refractivity contribution < 1.29 is 0 Å². The van der Waals surface area contributed by atoms with Gasteiger partial charge in [-0.3, -0.25) is 0 Å². The van der Waals surface area contributed by atoms with Gasteiger partial charge in [-0.2, -0.15) is 0 Å². The quantitative estimate of drug-likeness (QED) is 0.162. The smallest absolute Gasteiger partial charge is 0.00135 e. The molecule has 0 heterocycles. The average Bonchev–Trinajstić information content (AvgIpc) is 1.68. The van der Waals surface area contributed by atoms with E-state index < -0.39 is 0 Å². The van der Waals surface area contributed by atoms with Gasteiger partial charge in [-0.15, -0.1) is 0 Å². The molecule has 1 aliphatic carbocycles. The largest absolute Gasteiger partial charge is 0.0683 e. The predicted octanol–water partition coefficient (Wildman–Crippen LogP) is 33.8. The van der Waals surface area contributed by atoms with Crippen molar-refractivity contribution >= 4 is 0 Å². The highest BCUT2D eigenvalue weighted by molar-refractivity contribution is 5.76. The molecule has 93 heavy (non-hydrogen) atoms. The topological polar surface area (TPSA) is 0 Å². The number of hydrogen-bond donors (Lipinski definition) is 0. The zero-order valence-electron chi connectivity index (χ0n) is 72.3. The maximum atomic E-state index is 2.22. The molecule has 0 unspecified atom stereocenters. The number of benzene rings is 6. The van der Waals surface area contributed by atoms with Gasteiger partial charge in [-0.05, 0) is 105 Å².